The summed E-state index contributed by atoms with van der Waals surface area (Å²) in [7, 11) is -5.39. The zero-order chi connectivity index (χ0) is 16.9. The average molecular weight is 327 g/mol. The van der Waals surface area contributed by atoms with E-state index in [4.69, 9.17) is 30.1 Å². The molecule has 0 radical (unpaired) electrons. The Hall–Kier alpha value is -2.03. The minimum Gasteiger partial charge on any atom is -0.822 e. The Morgan fingerprint density at radius 1 is 1.32 bits per heavy atom. The number of pyridine rings is 1. The molecule has 1 unspecified atom stereocenters. The number of carboxylic acids is 1. The van der Waals surface area contributed by atoms with E-state index >= 15 is 0 Å². The molecule has 22 heavy (non-hydrogen) atoms. The smallest absolute Gasteiger partial charge is 0.320 e. The number of aromatic nitrogens is 1. The van der Waals surface area contributed by atoms with Gasteiger partial charge in [-0.15, -0.1) is 0 Å². The molecule has 2 rings (SSSR count). The topological polar surface area (TPSA) is 182 Å². The van der Waals surface area contributed by atoms with Gasteiger partial charge in [-0.05, 0) is 18.1 Å². The van der Waals surface area contributed by atoms with Crippen LogP contribution in [-0.4, -0.2) is 22.1 Å². The minimum absolute atomic E-state index is 0.139. The molecular weight excluding hydrogens is 315 g/mol. The first-order valence-corrected chi connectivity index (χ1v) is 7.36. The number of H-pyrrole nitrogens is 1. The SMILES string of the molecule is NC(Cc1cc(=O)[nH]c2ccccc12)C(=O)O.O=P([O-])([O-])[O-]. The molecule has 120 valence electrons. The standard InChI is InChI=1S/C12H12N2O3.H3O4P/c13-9(12(16)17)5-7-6-11(15)14-10-4-2-1-3-8(7)10;1-5(2,3)4/h1-4,6,9H,5,13H2,(H,14,15)(H,16,17);(H3,1,2,3,4)/p-3. The molecule has 0 bridgehead atoms. The van der Waals surface area contributed by atoms with E-state index in [1.807, 2.05) is 12.1 Å². The van der Waals surface area contributed by atoms with Crippen molar-refractivity contribution in [1.29, 1.82) is 0 Å². The zero-order valence-corrected chi connectivity index (χ0v) is 12.0. The fraction of sp³-hybridized carbons (Fsp3) is 0.167. The lowest BCUT2D eigenvalue weighted by atomic mass is 10.0. The zero-order valence-electron chi connectivity index (χ0n) is 11.1. The van der Waals surface area contributed by atoms with Gasteiger partial charge < -0.3 is 35.1 Å². The van der Waals surface area contributed by atoms with Crippen LogP contribution >= 0.6 is 7.82 Å². The van der Waals surface area contributed by atoms with Crippen molar-refractivity contribution in [2.24, 2.45) is 5.73 Å². The number of hydrogen-bond donors (Lipinski definition) is 3. The molecular formula is C12H12N2O7P-3. The Morgan fingerprint density at radius 2 is 1.86 bits per heavy atom. The highest BCUT2D eigenvalue weighted by Gasteiger charge is 2.14. The molecule has 0 saturated carbocycles. The highest BCUT2D eigenvalue weighted by molar-refractivity contribution is 7.40. The normalized spacial score (nSPS) is 12.4. The predicted octanol–water partition coefficient (Wildman–Crippen LogP) is -2.34. The minimum atomic E-state index is -5.39. The number of benzene rings is 1. The predicted molar refractivity (Wildman–Crippen MR) is 71.5 cm³/mol. The molecule has 0 aliphatic heterocycles. The second-order valence-corrected chi connectivity index (χ2v) is 5.19. The van der Waals surface area contributed by atoms with Gasteiger partial charge in [0.15, 0.2) is 0 Å². The molecule has 0 aliphatic rings. The van der Waals surface area contributed by atoms with Gasteiger partial charge in [0.25, 0.3) is 0 Å². The Balaban J connectivity index is 0.000000422. The van der Waals surface area contributed by atoms with Crippen LogP contribution in [0.2, 0.25) is 0 Å². The Morgan fingerprint density at radius 3 is 2.41 bits per heavy atom. The van der Waals surface area contributed by atoms with Gasteiger partial charge in [-0.2, -0.15) is 7.82 Å². The van der Waals surface area contributed by atoms with Gasteiger partial charge in [0.05, 0.1) is 0 Å². The van der Waals surface area contributed by atoms with Gasteiger partial charge >= 0.3 is 5.97 Å². The summed E-state index contributed by atoms with van der Waals surface area (Å²) in [6, 6.07) is 7.63. The lowest BCUT2D eigenvalue weighted by molar-refractivity contribution is -0.432. The molecule has 0 saturated heterocycles. The molecule has 1 aromatic carbocycles. The largest absolute Gasteiger partial charge is 0.822 e. The molecule has 0 amide bonds. The molecule has 1 aromatic heterocycles. The summed E-state index contributed by atoms with van der Waals surface area (Å²) in [4.78, 5) is 50.5. The molecule has 4 N–H and O–H groups in total. The van der Waals surface area contributed by atoms with Crippen molar-refractivity contribution < 1.29 is 29.1 Å². The van der Waals surface area contributed by atoms with Crippen LogP contribution in [-0.2, 0) is 15.8 Å². The van der Waals surface area contributed by atoms with E-state index in [1.165, 1.54) is 6.07 Å². The number of fused-ring (bicyclic) bond motifs is 1. The summed E-state index contributed by atoms with van der Waals surface area (Å²) < 4.78 is 8.55. The molecule has 0 fully saturated rings. The van der Waals surface area contributed by atoms with Gasteiger partial charge in [-0.1, -0.05) is 18.2 Å². The van der Waals surface area contributed by atoms with Crippen molar-refractivity contribution in [2.45, 2.75) is 12.5 Å². The van der Waals surface area contributed by atoms with Gasteiger partial charge in [-0.25, -0.2) is 0 Å². The van der Waals surface area contributed by atoms with Crippen molar-refractivity contribution in [1.82, 2.24) is 4.98 Å². The number of rotatable bonds is 3. The van der Waals surface area contributed by atoms with E-state index in [0.717, 1.165) is 5.39 Å². The first-order valence-electron chi connectivity index (χ1n) is 5.90. The molecule has 10 heteroatoms. The van der Waals surface area contributed by atoms with Crippen LogP contribution in [0, 0.1) is 0 Å². The molecule has 0 spiro atoms. The monoisotopic (exact) mass is 327 g/mol. The van der Waals surface area contributed by atoms with Gasteiger partial charge in [0.2, 0.25) is 5.56 Å². The summed E-state index contributed by atoms with van der Waals surface area (Å²) in [6.45, 7) is 0. The number of carboxylic acid groups (broad SMARTS) is 1. The Kier molecular flexibility index (Phi) is 5.98. The second kappa shape index (κ2) is 7.30. The average Bonchev–Trinajstić information content (AvgIpc) is 2.36. The van der Waals surface area contributed by atoms with Crippen molar-refractivity contribution in [2.75, 3.05) is 0 Å². The number of para-hydroxylation sites is 1. The van der Waals surface area contributed by atoms with Gasteiger partial charge in [0.1, 0.15) is 6.04 Å². The third-order valence-corrected chi connectivity index (χ3v) is 2.59. The van der Waals surface area contributed by atoms with E-state index in [9.17, 15) is 9.59 Å². The second-order valence-electron chi connectivity index (χ2n) is 4.30. The summed E-state index contributed by atoms with van der Waals surface area (Å²) in [5, 5.41) is 9.60. The van der Waals surface area contributed by atoms with Crippen LogP contribution in [0.4, 0.5) is 0 Å². The van der Waals surface area contributed by atoms with Crippen LogP contribution in [0.5, 0.6) is 0 Å². The number of aliphatic carboxylic acids is 1. The third kappa shape index (κ3) is 6.17. The summed E-state index contributed by atoms with van der Waals surface area (Å²) in [6.07, 6.45) is 0.139. The maximum atomic E-state index is 11.4. The Labute approximate surface area is 124 Å². The maximum Gasteiger partial charge on any atom is 0.320 e. The van der Waals surface area contributed by atoms with E-state index in [-0.39, 0.29) is 12.0 Å². The molecule has 9 nitrogen and oxygen atoms in total. The van der Waals surface area contributed by atoms with Crippen molar-refractivity contribution >= 4 is 24.7 Å². The first kappa shape index (κ1) is 18.0. The highest BCUT2D eigenvalue weighted by Crippen LogP contribution is 2.15. The molecule has 2 aromatic rings. The van der Waals surface area contributed by atoms with E-state index in [2.05, 4.69) is 4.98 Å². The lowest BCUT2D eigenvalue weighted by Gasteiger charge is -2.36. The molecule has 1 heterocycles. The number of phosphoric acid groups is 1. The number of hydrogen-bond acceptors (Lipinski definition) is 7. The summed E-state index contributed by atoms with van der Waals surface area (Å²) in [5.74, 6) is -1.07. The fourth-order valence-corrected chi connectivity index (χ4v) is 1.77. The molecule has 0 aliphatic carbocycles. The summed E-state index contributed by atoms with van der Waals surface area (Å²) >= 11 is 0. The molecule has 1 atom stereocenters. The Bertz CT molecular complexity index is 759. The number of nitrogens with one attached hydrogen (secondary N) is 1. The van der Waals surface area contributed by atoms with Crippen LogP contribution in [0.15, 0.2) is 35.1 Å². The number of carbonyl (C=O) groups is 1. The third-order valence-electron chi connectivity index (χ3n) is 2.59. The fourth-order valence-electron chi connectivity index (χ4n) is 1.77. The maximum absolute atomic E-state index is 11.4. The van der Waals surface area contributed by atoms with Crippen LogP contribution in [0.1, 0.15) is 5.56 Å². The van der Waals surface area contributed by atoms with E-state index in [1.54, 1.807) is 12.1 Å². The van der Waals surface area contributed by atoms with Crippen molar-refractivity contribution in [3.8, 4) is 0 Å². The van der Waals surface area contributed by atoms with Crippen molar-refractivity contribution in [3.05, 3.63) is 46.2 Å². The van der Waals surface area contributed by atoms with Gasteiger partial charge in [-0.3, -0.25) is 9.59 Å². The number of aromatic amines is 1. The number of nitrogens with two attached hydrogens (primary N) is 1. The summed E-state index contributed by atoms with van der Waals surface area (Å²) in [5.41, 5.74) is 6.56. The lowest BCUT2D eigenvalue weighted by Crippen LogP contribution is -2.32. The first-order chi connectivity index (χ1) is 10.1. The van der Waals surface area contributed by atoms with Crippen LogP contribution < -0.4 is 26.0 Å². The van der Waals surface area contributed by atoms with E-state index in [0.29, 0.717) is 11.1 Å². The highest BCUT2D eigenvalue weighted by atomic mass is 31.2. The van der Waals surface area contributed by atoms with Crippen LogP contribution in [0.3, 0.4) is 0 Å². The van der Waals surface area contributed by atoms with E-state index < -0.39 is 19.8 Å². The van der Waals surface area contributed by atoms with Crippen LogP contribution in [0.25, 0.3) is 10.9 Å². The van der Waals surface area contributed by atoms with Gasteiger partial charge in [0, 0.05) is 17.0 Å². The van der Waals surface area contributed by atoms with Crippen molar-refractivity contribution in [3.63, 3.8) is 0 Å². The quantitative estimate of drug-likeness (QED) is 0.524.